The summed E-state index contributed by atoms with van der Waals surface area (Å²) in [6.07, 6.45) is 1.19. The molecule has 1 aliphatic heterocycles. The predicted molar refractivity (Wildman–Crippen MR) is 59.6 cm³/mol. The van der Waals surface area contributed by atoms with Gasteiger partial charge < -0.3 is 10.2 Å². The molecule has 0 bridgehead atoms. The van der Waals surface area contributed by atoms with E-state index in [1.165, 1.54) is 12.1 Å². The Kier molecular flexibility index (Phi) is 3.04. The van der Waals surface area contributed by atoms with Crippen LogP contribution in [0.3, 0.4) is 0 Å². The summed E-state index contributed by atoms with van der Waals surface area (Å²) in [7, 11) is 0. The van der Waals surface area contributed by atoms with E-state index >= 15 is 0 Å². The standard InChI is InChI=1S/C12H17N2/c1-2-11-10-13-8-9-14(11)12-6-4-3-5-7-12/h3-6,11,13H,2,8-10H2,1H3. The summed E-state index contributed by atoms with van der Waals surface area (Å²) in [4.78, 5) is 2.45. The molecule has 1 heterocycles. The van der Waals surface area contributed by atoms with Gasteiger partial charge in [-0.2, -0.15) is 0 Å². The number of nitrogens with zero attached hydrogens (tertiary/aromatic N) is 1. The number of piperazine rings is 1. The van der Waals surface area contributed by atoms with E-state index in [-0.39, 0.29) is 0 Å². The van der Waals surface area contributed by atoms with Crippen molar-refractivity contribution in [2.75, 3.05) is 24.5 Å². The lowest BCUT2D eigenvalue weighted by Gasteiger charge is -2.37. The molecular weight excluding hydrogens is 172 g/mol. The predicted octanol–water partition coefficient (Wildman–Crippen LogP) is 1.67. The highest BCUT2D eigenvalue weighted by atomic mass is 15.2. The first-order chi connectivity index (χ1) is 6.92. The minimum absolute atomic E-state index is 0.627. The molecule has 1 atom stereocenters. The van der Waals surface area contributed by atoms with Crippen molar-refractivity contribution in [3.8, 4) is 0 Å². The minimum atomic E-state index is 0.627. The number of hydrogen-bond acceptors (Lipinski definition) is 2. The Morgan fingerprint density at radius 2 is 2.50 bits per heavy atom. The second-order valence-corrected chi connectivity index (χ2v) is 3.71. The summed E-state index contributed by atoms with van der Waals surface area (Å²) in [5.41, 5.74) is 1.24. The third-order valence-electron chi connectivity index (χ3n) is 2.82. The molecule has 75 valence electrons. The van der Waals surface area contributed by atoms with Crippen molar-refractivity contribution in [2.24, 2.45) is 0 Å². The van der Waals surface area contributed by atoms with Crippen LogP contribution >= 0.6 is 0 Å². The van der Waals surface area contributed by atoms with Gasteiger partial charge in [-0.25, -0.2) is 0 Å². The fourth-order valence-corrected chi connectivity index (χ4v) is 2.01. The summed E-state index contributed by atoms with van der Waals surface area (Å²) in [5, 5.41) is 3.43. The van der Waals surface area contributed by atoms with Crippen LogP contribution in [0.2, 0.25) is 0 Å². The monoisotopic (exact) mass is 189 g/mol. The summed E-state index contributed by atoms with van der Waals surface area (Å²) >= 11 is 0. The zero-order chi connectivity index (χ0) is 9.80. The Labute approximate surface area is 85.9 Å². The number of benzene rings is 1. The number of hydrogen-bond donors (Lipinski definition) is 1. The molecule has 2 nitrogen and oxygen atoms in total. The summed E-state index contributed by atoms with van der Waals surface area (Å²) in [5.74, 6) is 0. The maximum atomic E-state index is 3.43. The smallest absolute Gasteiger partial charge is 0.0450 e. The molecule has 1 aromatic carbocycles. The van der Waals surface area contributed by atoms with Gasteiger partial charge in [0.15, 0.2) is 0 Å². The van der Waals surface area contributed by atoms with Crippen LogP contribution in [0.15, 0.2) is 24.3 Å². The SMILES string of the molecule is CCC1CNCCN1c1[c]cccc1. The quantitative estimate of drug-likeness (QED) is 0.761. The summed E-state index contributed by atoms with van der Waals surface area (Å²) < 4.78 is 0. The van der Waals surface area contributed by atoms with E-state index in [4.69, 9.17) is 0 Å². The summed E-state index contributed by atoms with van der Waals surface area (Å²) in [6.45, 7) is 5.52. The van der Waals surface area contributed by atoms with Crippen molar-refractivity contribution in [3.63, 3.8) is 0 Å². The number of nitrogens with one attached hydrogen (secondary N) is 1. The molecular formula is C12H17N2. The van der Waals surface area contributed by atoms with Gasteiger partial charge in [0.2, 0.25) is 0 Å². The Morgan fingerprint density at radius 3 is 3.21 bits per heavy atom. The van der Waals surface area contributed by atoms with Crippen molar-refractivity contribution >= 4 is 5.69 Å². The van der Waals surface area contributed by atoms with Gasteiger partial charge in [0.1, 0.15) is 0 Å². The van der Waals surface area contributed by atoms with E-state index in [0.717, 1.165) is 19.6 Å². The second-order valence-electron chi connectivity index (χ2n) is 3.71. The van der Waals surface area contributed by atoms with Crippen LogP contribution in [-0.2, 0) is 0 Å². The van der Waals surface area contributed by atoms with Gasteiger partial charge in [-0.1, -0.05) is 25.1 Å². The molecule has 1 N–H and O–H groups in total. The molecule has 0 saturated carbocycles. The molecule has 14 heavy (non-hydrogen) atoms. The molecule has 0 aromatic heterocycles. The van der Waals surface area contributed by atoms with E-state index < -0.39 is 0 Å². The molecule has 1 aliphatic rings. The second kappa shape index (κ2) is 4.47. The highest BCUT2D eigenvalue weighted by Gasteiger charge is 2.20. The van der Waals surface area contributed by atoms with Crippen molar-refractivity contribution < 1.29 is 0 Å². The van der Waals surface area contributed by atoms with E-state index in [0.29, 0.717) is 6.04 Å². The van der Waals surface area contributed by atoms with Crippen LogP contribution in [-0.4, -0.2) is 25.7 Å². The highest BCUT2D eigenvalue weighted by Crippen LogP contribution is 2.18. The van der Waals surface area contributed by atoms with E-state index in [1.807, 2.05) is 12.1 Å². The van der Waals surface area contributed by atoms with E-state index in [1.54, 1.807) is 0 Å². The highest BCUT2D eigenvalue weighted by molar-refractivity contribution is 5.46. The average molecular weight is 189 g/mol. The fraction of sp³-hybridized carbons (Fsp3) is 0.500. The third kappa shape index (κ3) is 1.90. The topological polar surface area (TPSA) is 15.3 Å². The Morgan fingerprint density at radius 1 is 1.57 bits per heavy atom. The maximum absolute atomic E-state index is 3.43. The van der Waals surface area contributed by atoms with Crippen LogP contribution in [0.1, 0.15) is 13.3 Å². The molecule has 1 radical (unpaired) electrons. The molecule has 1 saturated heterocycles. The Bertz CT molecular complexity index is 271. The molecule has 1 aromatic rings. The maximum Gasteiger partial charge on any atom is 0.0450 e. The van der Waals surface area contributed by atoms with Crippen LogP contribution in [0.25, 0.3) is 0 Å². The van der Waals surface area contributed by atoms with Crippen molar-refractivity contribution in [1.29, 1.82) is 0 Å². The molecule has 2 heteroatoms. The lowest BCUT2D eigenvalue weighted by atomic mass is 10.1. The summed E-state index contributed by atoms with van der Waals surface area (Å²) in [6, 6.07) is 12.2. The van der Waals surface area contributed by atoms with Crippen molar-refractivity contribution in [1.82, 2.24) is 5.32 Å². The van der Waals surface area contributed by atoms with Gasteiger partial charge in [0, 0.05) is 37.4 Å². The number of rotatable bonds is 2. The normalized spacial score (nSPS) is 22.4. The van der Waals surface area contributed by atoms with Gasteiger partial charge >= 0.3 is 0 Å². The molecule has 0 amide bonds. The molecule has 1 unspecified atom stereocenters. The van der Waals surface area contributed by atoms with E-state index in [9.17, 15) is 0 Å². The van der Waals surface area contributed by atoms with Crippen molar-refractivity contribution in [2.45, 2.75) is 19.4 Å². The van der Waals surface area contributed by atoms with Crippen LogP contribution in [0.4, 0.5) is 5.69 Å². The number of anilines is 1. The van der Waals surface area contributed by atoms with Crippen LogP contribution in [0, 0.1) is 6.07 Å². The zero-order valence-electron chi connectivity index (χ0n) is 8.66. The van der Waals surface area contributed by atoms with E-state index in [2.05, 4.69) is 35.3 Å². The first-order valence-electron chi connectivity index (χ1n) is 5.36. The van der Waals surface area contributed by atoms with Gasteiger partial charge in [-0.3, -0.25) is 0 Å². The Balaban J connectivity index is 2.15. The largest absolute Gasteiger partial charge is 0.366 e. The third-order valence-corrected chi connectivity index (χ3v) is 2.82. The average Bonchev–Trinajstić information content (AvgIpc) is 2.30. The van der Waals surface area contributed by atoms with Gasteiger partial charge in [0.25, 0.3) is 0 Å². The van der Waals surface area contributed by atoms with Gasteiger partial charge in [-0.15, -0.1) is 0 Å². The Hall–Kier alpha value is -1.02. The minimum Gasteiger partial charge on any atom is -0.366 e. The molecule has 2 rings (SSSR count). The molecule has 1 fully saturated rings. The van der Waals surface area contributed by atoms with Crippen LogP contribution in [0.5, 0.6) is 0 Å². The zero-order valence-corrected chi connectivity index (χ0v) is 8.66. The van der Waals surface area contributed by atoms with Gasteiger partial charge in [-0.05, 0) is 12.5 Å². The first kappa shape index (κ1) is 9.53. The van der Waals surface area contributed by atoms with Gasteiger partial charge in [0.05, 0.1) is 0 Å². The number of para-hydroxylation sites is 1. The molecule has 0 aliphatic carbocycles. The first-order valence-corrected chi connectivity index (χ1v) is 5.36. The lowest BCUT2D eigenvalue weighted by Crippen LogP contribution is -2.51. The van der Waals surface area contributed by atoms with Crippen LogP contribution < -0.4 is 10.2 Å². The fourth-order valence-electron chi connectivity index (χ4n) is 2.01. The lowest BCUT2D eigenvalue weighted by molar-refractivity contribution is 0.466. The molecule has 0 spiro atoms. The van der Waals surface area contributed by atoms with Crippen molar-refractivity contribution in [3.05, 3.63) is 30.3 Å².